The monoisotopic (exact) mass is 337 g/mol. The van der Waals surface area contributed by atoms with E-state index >= 15 is 0 Å². The highest BCUT2D eigenvalue weighted by atomic mass is 32.2. The summed E-state index contributed by atoms with van der Waals surface area (Å²) in [5, 5.41) is 14.0. The van der Waals surface area contributed by atoms with E-state index in [1.807, 2.05) is 24.3 Å². The van der Waals surface area contributed by atoms with Gasteiger partial charge < -0.3 is 5.11 Å². The molecule has 0 spiro atoms. The minimum Gasteiger partial charge on any atom is -0.387 e. The summed E-state index contributed by atoms with van der Waals surface area (Å²) in [6, 6.07) is 7.55. The number of aliphatic hydroxyl groups is 1. The molecule has 1 heterocycles. The number of nitrogens with one attached hydrogen (secondary N) is 1. The summed E-state index contributed by atoms with van der Waals surface area (Å²) in [6.07, 6.45) is 1.77. The maximum atomic E-state index is 12.1. The Kier molecular flexibility index (Phi) is 4.93. The molecule has 1 unspecified atom stereocenters. The molecule has 1 aromatic heterocycles. The molecule has 0 aliphatic carbocycles. The van der Waals surface area contributed by atoms with Crippen molar-refractivity contribution in [2.75, 3.05) is 6.54 Å². The van der Waals surface area contributed by atoms with Crippen LogP contribution in [0.4, 0.5) is 0 Å². The van der Waals surface area contributed by atoms with Gasteiger partial charge in [0.15, 0.2) is 0 Å². The minimum atomic E-state index is -3.67. The van der Waals surface area contributed by atoms with E-state index in [9.17, 15) is 13.5 Å². The molecule has 126 valence electrons. The summed E-state index contributed by atoms with van der Waals surface area (Å²) in [5.74, 6) is 0. The molecule has 0 amide bonds. The Morgan fingerprint density at radius 2 is 1.87 bits per heavy atom. The van der Waals surface area contributed by atoms with Crippen LogP contribution in [0, 0.1) is 0 Å². The van der Waals surface area contributed by atoms with E-state index in [-0.39, 0.29) is 16.9 Å². The average Bonchev–Trinajstić information content (AvgIpc) is 2.91. The molecule has 1 atom stereocenters. The van der Waals surface area contributed by atoms with E-state index in [0.29, 0.717) is 5.56 Å². The largest absolute Gasteiger partial charge is 0.387 e. The summed E-state index contributed by atoms with van der Waals surface area (Å²) in [6.45, 7) is 6.24. The zero-order valence-corrected chi connectivity index (χ0v) is 14.6. The lowest BCUT2D eigenvalue weighted by atomic mass is 9.86. The fourth-order valence-corrected chi connectivity index (χ4v) is 3.15. The number of rotatable bonds is 5. The molecule has 23 heavy (non-hydrogen) atoms. The summed E-state index contributed by atoms with van der Waals surface area (Å²) in [4.78, 5) is 0.0790. The van der Waals surface area contributed by atoms with Gasteiger partial charge in [-0.25, -0.2) is 13.1 Å². The molecule has 1 aromatic carbocycles. The topological polar surface area (TPSA) is 84.2 Å². The molecule has 0 aliphatic rings. The molecule has 6 nitrogen and oxygen atoms in total. The van der Waals surface area contributed by atoms with Crippen molar-refractivity contribution in [1.82, 2.24) is 14.5 Å². The predicted octanol–water partition coefficient (Wildman–Crippen LogP) is 1.73. The molecule has 0 radical (unpaired) electrons. The molecule has 0 saturated carbocycles. The lowest BCUT2D eigenvalue weighted by Gasteiger charge is -2.20. The zero-order chi connectivity index (χ0) is 17.3. The van der Waals surface area contributed by atoms with E-state index in [1.165, 1.54) is 17.1 Å². The highest BCUT2D eigenvalue weighted by Gasteiger charge is 2.19. The highest BCUT2D eigenvalue weighted by Crippen LogP contribution is 2.24. The van der Waals surface area contributed by atoms with Gasteiger partial charge in [-0.2, -0.15) is 5.10 Å². The van der Waals surface area contributed by atoms with Crippen LogP contribution >= 0.6 is 0 Å². The van der Waals surface area contributed by atoms with Gasteiger partial charge in [0.1, 0.15) is 4.90 Å². The van der Waals surface area contributed by atoms with Crippen LogP contribution in [0.25, 0.3) is 0 Å². The van der Waals surface area contributed by atoms with Crippen molar-refractivity contribution in [2.24, 2.45) is 7.05 Å². The van der Waals surface area contributed by atoms with E-state index in [2.05, 4.69) is 30.6 Å². The molecule has 0 saturated heterocycles. The third-order valence-corrected chi connectivity index (χ3v) is 5.00. The fourth-order valence-electron chi connectivity index (χ4n) is 2.13. The van der Waals surface area contributed by atoms with Crippen LogP contribution in [0.3, 0.4) is 0 Å². The van der Waals surface area contributed by atoms with E-state index in [0.717, 1.165) is 5.56 Å². The lowest BCUT2D eigenvalue weighted by Crippen LogP contribution is -2.28. The van der Waals surface area contributed by atoms with Crippen molar-refractivity contribution in [3.8, 4) is 0 Å². The molecule has 0 aliphatic heterocycles. The Hall–Kier alpha value is -1.70. The molecule has 2 N–H and O–H groups in total. The first-order valence-corrected chi connectivity index (χ1v) is 8.85. The summed E-state index contributed by atoms with van der Waals surface area (Å²) < 4.78 is 28.0. The normalized spacial score (nSPS) is 14.0. The van der Waals surface area contributed by atoms with Crippen molar-refractivity contribution in [3.05, 3.63) is 47.8 Å². The number of aliphatic hydroxyl groups excluding tert-OH is 1. The number of hydrogen-bond donors (Lipinski definition) is 2. The fraction of sp³-hybridized carbons (Fsp3) is 0.438. The second-order valence-corrected chi connectivity index (χ2v) is 8.36. The van der Waals surface area contributed by atoms with Crippen LogP contribution in [-0.2, 0) is 22.5 Å². The Bertz CT molecular complexity index is 759. The number of sulfonamides is 1. The molecular formula is C16H23N3O3S. The van der Waals surface area contributed by atoms with Crippen molar-refractivity contribution in [2.45, 2.75) is 37.2 Å². The molecule has 0 fully saturated rings. The van der Waals surface area contributed by atoms with Crippen LogP contribution in [0.5, 0.6) is 0 Å². The lowest BCUT2D eigenvalue weighted by molar-refractivity contribution is 0.182. The number of benzene rings is 1. The standard InChI is InChI=1S/C16H23N3O3S/c1-16(2,3)13-7-5-12(6-8-13)15(20)10-18-23(21,22)14-9-17-19(4)11-14/h5-9,11,15,18,20H,10H2,1-4H3. The first kappa shape index (κ1) is 17.7. The van der Waals surface area contributed by atoms with E-state index in [4.69, 9.17) is 0 Å². The molecule has 2 aromatic rings. The van der Waals surface area contributed by atoms with Gasteiger partial charge in [-0.1, -0.05) is 45.0 Å². The number of aryl methyl sites for hydroxylation is 1. The number of aromatic nitrogens is 2. The molecule has 2 rings (SSSR count). The van der Waals surface area contributed by atoms with Gasteiger partial charge in [-0.05, 0) is 16.5 Å². The van der Waals surface area contributed by atoms with E-state index < -0.39 is 16.1 Å². The minimum absolute atomic E-state index is 0.0331. The van der Waals surface area contributed by atoms with Gasteiger partial charge in [0.05, 0.1) is 12.3 Å². The Morgan fingerprint density at radius 3 is 2.35 bits per heavy atom. The summed E-state index contributed by atoms with van der Waals surface area (Å²) in [5.41, 5.74) is 1.86. The van der Waals surface area contributed by atoms with Crippen LogP contribution in [-0.4, -0.2) is 29.8 Å². The molecule has 7 heteroatoms. The van der Waals surface area contributed by atoms with Crippen LogP contribution in [0.1, 0.15) is 38.0 Å². The van der Waals surface area contributed by atoms with Gasteiger partial charge in [-0.15, -0.1) is 0 Å². The highest BCUT2D eigenvalue weighted by molar-refractivity contribution is 7.89. The van der Waals surface area contributed by atoms with Gasteiger partial charge in [0.2, 0.25) is 10.0 Å². The third-order valence-electron chi connectivity index (χ3n) is 3.62. The smallest absolute Gasteiger partial charge is 0.243 e. The van der Waals surface area contributed by atoms with Crippen molar-refractivity contribution in [3.63, 3.8) is 0 Å². The first-order chi connectivity index (χ1) is 10.6. The SMILES string of the molecule is Cn1cc(S(=O)(=O)NCC(O)c2ccc(C(C)(C)C)cc2)cn1. The van der Waals surface area contributed by atoms with Crippen LogP contribution in [0.15, 0.2) is 41.6 Å². The Morgan fingerprint density at radius 1 is 1.26 bits per heavy atom. The quantitative estimate of drug-likeness (QED) is 0.870. The van der Waals surface area contributed by atoms with Crippen molar-refractivity contribution >= 4 is 10.0 Å². The van der Waals surface area contributed by atoms with Gasteiger partial charge in [-0.3, -0.25) is 4.68 Å². The van der Waals surface area contributed by atoms with Crippen LogP contribution in [0.2, 0.25) is 0 Å². The maximum absolute atomic E-state index is 12.1. The zero-order valence-electron chi connectivity index (χ0n) is 13.8. The van der Waals surface area contributed by atoms with E-state index in [1.54, 1.807) is 7.05 Å². The second kappa shape index (κ2) is 6.43. The third kappa shape index (κ3) is 4.40. The molecular weight excluding hydrogens is 314 g/mol. The van der Waals surface area contributed by atoms with Gasteiger partial charge >= 0.3 is 0 Å². The molecule has 0 bridgehead atoms. The number of hydrogen-bond acceptors (Lipinski definition) is 4. The van der Waals surface area contributed by atoms with Gasteiger partial charge in [0, 0.05) is 19.8 Å². The van der Waals surface area contributed by atoms with Crippen molar-refractivity contribution < 1.29 is 13.5 Å². The predicted molar refractivity (Wildman–Crippen MR) is 88.5 cm³/mol. The summed E-state index contributed by atoms with van der Waals surface area (Å²) >= 11 is 0. The first-order valence-electron chi connectivity index (χ1n) is 7.36. The Balaban J connectivity index is 2.03. The maximum Gasteiger partial charge on any atom is 0.243 e. The van der Waals surface area contributed by atoms with Crippen molar-refractivity contribution in [1.29, 1.82) is 0 Å². The second-order valence-electron chi connectivity index (χ2n) is 6.59. The van der Waals surface area contributed by atoms with Gasteiger partial charge in [0.25, 0.3) is 0 Å². The average molecular weight is 337 g/mol. The summed E-state index contributed by atoms with van der Waals surface area (Å²) in [7, 11) is -2.02. The van der Waals surface area contributed by atoms with Crippen LogP contribution < -0.4 is 4.72 Å². The Labute approximate surface area is 137 Å². The number of nitrogens with zero attached hydrogens (tertiary/aromatic N) is 2.